The number of anilines is 1. The van der Waals surface area contributed by atoms with Gasteiger partial charge in [0.15, 0.2) is 0 Å². The van der Waals surface area contributed by atoms with Gasteiger partial charge in [0.05, 0.1) is 18.5 Å². The number of alkyl halides is 3. The smallest absolute Gasteiger partial charge is 0.283 e. The predicted octanol–water partition coefficient (Wildman–Crippen LogP) is 2.61. The molecule has 0 saturated heterocycles. The highest BCUT2D eigenvalue weighted by Crippen LogP contribution is 2.22. The molecule has 12 heteroatoms. The Hall–Kier alpha value is -2.73. The molecule has 0 aliphatic carbocycles. The number of sulfonamides is 1. The van der Waals surface area contributed by atoms with E-state index < -0.39 is 33.7 Å². The van der Waals surface area contributed by atoms with Crippen LogP contribution < -0.4 is 15.2 Å². The lowest BCUT2D eigenvalue weighted by atomic mass is 10.1. The Labute approximate surface area is 163 Å². The summed E-state index contributed by atoms with van der Waals surface area (Å²) < 4.78 is 88.7. The number of hydrogen-bond acceptors (Lipinski definition) is 4. The molecule has 158 valence electrons. The second-order valence-electron chi connectivity index (χ2n) is 5.98. The summed E-state index contributed by atoms with van der Waals surface area (Å²) in [6.07, 6.45) is -4.15. The highest BCUT2D eigenvalue weighted by atomic mass is 32.2. The number of benzene rings is 2. The SMILES string of the molecule is CS(=O)(=O)N(Cc1ccc(CNNC(=O)C(F)(F)F)cc1F)c1ccc(F)cc1. The van der Waals surface area contributed by atoms with Gasteiger partial charge in [0.25, 0.3) is 0 Å². The van der Waals surface area contributed by atoms with Crippen molar-refractivity contribution >= 4 is 21.6 Å². The normalized spacial score (nSPS) is 11.9. The van der Waals surface area contributed by atoms with Crippen molar-refractivity contribution in [2.75, 3.05) is 10.6 Å². The summed E-state index contributed by atoms with van der Waals surface area (Å²) in [5.41, 5.74) is 3.78. The van der Waals surface area contributed by atoms with Crippen molar-refractivity contribution in [2.24, 2.45) is 0 Å². The Morgan fingerprint density at radius 2 is 1.69 bits per heavy atom. The third kappa shape index (κ3) is 6.39. The molecule has 0 spiro atoms. The average Bonchev–Trinajstić information content (AvgIpc) is 2.60. The summed E-state index contributed by atoms with van der Waals surface area (Å²) in [7, 11) is -3.82. The minimum absolute atomic E-state index is 0.0113. The fraction of sp³-hybridized carbons (Fsp3) is 0.235. The van der Waals surface area contributed by atoms with E-state index in [1.165, 1.54) is 29.7 Å². The van der Waals surface area contributed by atoms with Crippen molar-refractivity contribution in [2.45, 2.75) is 19.3 Å². The van der Waals surface area contributed by atoms with E-state index in [-0.39, 0.29) is 29.9 Å². The van der Waals surface area contributed by atoms with E-state index >= 15 is 0 Å². The first kappa shape index (κ1) is 22.6. The van der Waals surface area contributed by atoms with Crippen LogP contribution in [0.4, 0.5) is 27.6 Å². The van der Waals surface area contributed by atoms with Crippen molar-refractivity contribution in [3.8, 4) is 0 Å². The van der Waals surface area contributed by atoms with Gasteiger partial charge in [-0.15, -0.1) is 0 Å². The molecule has 0 radical (unpaired) electrons. The molecule has 0 saturated carbocycles. The first-order valence-corrected chi connectivity index (χ1v) is 9.83. The van der Waals surface area contributed by atoms with Crippen LogP contribution in [0, 0.1) is 11.6 Å². The van der Waals surface area contributed by atoms with E-state index in [1.807, 2.05) is 5.43 Å². The first-order chi connectivity index (χ1) is 13.4. The van der Waals surface area contributed by atoms with Crippen LogP contribution in [0.15, 0.2) is 42.5 Å². The van der Waals surface area contributed by atoms with Crippen molar-refractivity contribution in [1.82, 2.24) is 10.9 Å². The lowest BCUT2D eigenvalue weighted by Gasteiger charge is -2.23. The van der Waals surface area contributed by atoms with E-state index in [0.29, 0.717) is 0 Å². The van der Waals surface area contributed by atoms with E-state index in [0.717, 1.165) is 28.8 Å². The van der Waals surface area contributed by atoms with Gasteiger partial charge in [0.1, 0.15) is 11.6 Å². The lowest BCUT2D eigenvalue weighted by Crippen LogP contribution is -2.44. The molecule has 2 aromatic rings. The topological polar surface area (TPSA) is 78.5 Å². The van der Waals surface area contributed by atoms with Gasteiger partial charge < -0.3 is 0 Å². The fourth-order valence-electron chi connectivity index (χ4n) is 2.29. The molecule has 2 N–H and O–H groups in total. The van der Waals surface area contributed by atoms with Crippen LogP contribution in [0.1, 0.15) is 11.1 Å². The second-order valence-corrected chi connectivity index (χ2v) is 7.88. The van der Waals surface area contributed by atoms with E-state index in [2.05, 4.69) is 0 Å². The van der Waals surface area contributed by atoms with Crippen LogP contribution in [0.2, 0.25) is 0 Å². The maximum atomic E-state index is 14.4. The summed E-state index contributed by atoms with van der Waals surface area (Å²) in [5, 5.41) is 0. The minimum Gasteiger partial charge on any atom is -0.283 e. The maximum Gasteiger partial charge on any atom is 0.472 e. The number of hydrogen-bond donors (Lipinski definition) is 2. The maximum absolute atomic E-state index is 14.4. The number of halogens is 5. The number of nitrogens with zero attached hydrogens (tertiary/aromatic N) is 1. The number of carbonyl (C=O) groups excluding carboxylic acids is 1. The number of hydrazine groups is 1. The minimum atomic E-state index is -5.06. The highest BCUT2D eigenvalue weighted by molar-refractivity contribution is 7.92. The number of rotatable bonds is 7. The molecule has 0 aliphatic heterocycles. The van der Waals surface area contributed by atoms with Gasteiger partial charge in [-0.3, -0.25) is 14.5 Å². The Kier molecular flexibility index (Phi) is 6.80. The second kappa shape index (κ2) is 8.74. The van der Waals surface area contributed by atoms with Crippen LogP contribution in [-0.2, 0) is 27.9 Å². The van der Waals surface area contributed by atoms with Gasteiger partial charge in [-0.05, 0) is 35.9 Å². The molecular formula is C17H16F5N3O3S. The largest absolute Gasteiger partial charge is 0.472 e. The van der Waals surface area contributed by atoms with E-state index in [4.69, 9.17) is 0 Å². The van der Waals surface area contributed by atoms with Crippen LogP contribution in [0.3, 0.4) is 0 Å². The molecule has 0 heterocycles. The molecule has 0 fully saturated rings. The van der Waals surface area contributed by atoms with Gasteiger partial charge in [-0.1, -0.05) is 12.1 Å². The van der Waals surface area contributed by atoms with Crippen LogP contribution in [0.25, 0.3) is 0 Å². The Bertz CT molecular complexity index is 979. The van der Waals surface area contributed by atoms with Crippen molar-refractivity contribution in [3.63, 3.8) is 0 Å². The van der Waals surface area contributed by atoms with Crippen molar-refractivity contribution in [1.29, 1.82) is 0 Å². The van der Waals surface area contributed by atoms with Crippen LogP contribution in [0.5, 0.6) is 0 Å². The molecular weight excluding hydrogens is 421 g/mol. The molecule has 1 amide bonds. The fourth-order valence-corrected chi connectivity index (χ4v) is 3.17. The highest BCUT2D eigenvalue weighted by Gasteiger charge is 2.38. The van der Waals surface area contributed by atoms with Crippen molar-refractivity contribution < 1.29 is 35.2 Å². The third-order valence-corrected chi connectivity index (χ3v) is 4.84. The van der Waals surface area contributed by atoms with Gasteiger partial charge in [-0.2, -0.15) is 13.2 Å². The zero-order valence-electron chi connectivity index (χ0n) is 14.9. The summed E-state index contributed by atoms with van der Waals surface area (Å²) in [4.78, 5) is 10.7. The number of nitrogens with one attached hydrogen (secondary N) is 2. The number of amides is 1. The van der Waals surface area contributed by atoms with Crippen LogP contribution in [-0.4, -0.2) is 26.8 Å². The lowest BCUT2D eigenvalue weighted by molar-refractivity contribution is -0.174. The van der Waals surface area contributed by atoms with Gasteiger partial charge in [0.2, 0.25) is 10.0 Å². The molecule has 0 atom stereocenters. The third-order valence-electron chi connectivity index (χ3n) is 3.70. The monoisotopic (exact) mass is 437 g/mol. The molecule has 2 aromatic carbocycles. The molecule has 0 unspecified atom stereocenters. The summed E-state index contributed by atoms with van der Waals surface area (Å²) in [6.45, 7) is -0.679. The van der Waals surface area contributed by atoms with E-state index in [9.17, 15) is 35.2 Å². The molecule has 2 rings (SSSR count). The standard InChI is InChI=1S/C17H16F5N3O3S/c1-29(27,28)25(14-6-4-13(18)5-7-14)10-12-3-2-11(8-15(12)19)9-23-24-16(26)17(20,21)22/h2-8,23H,9-10H2,1H3,(H,24,26). The first-order valence-electron chi connectivity index (χ1n) is 7.98. The van der Waals surface area contributed by atoms with Crippen LogP contribution >= 0.6 is 0 Å². The molecule has 0 aliphatic rings. The Morgan fingerprint density at radius 3 is 2.21 bits per heavy atom. The van der Waals surface area contributed by atoms with Gasteiger partial charge >= 0.3 is 12.1 Å². The molecule has 29 heavy (non-hydrogen) atoms. The summed E-state index contributed by atoms with van der Waals surface area (Å²) >= 11 is 0. The zero-order valence-corrected chi connectivity index (χ0v) is 15.7. The molecule has 0 aromatic heterocycles. The quantitative estimate of drug-likeness (QED) is 0.516. The van der Waals surface area contributed by atoms with Gasteiger partial charge in [0, 0.05) is 12.1 Å². The van der Waals surface area contributed by atoms with Gasteiger partial charge in [-0.25, -0.2) is 22.6 Å². The van der Waals surface area contributed by atoms with Crippen molar-refractivity contribution in [3.05, 3.63) is 65.2 Å². The van der Waals surface area contributed by atoms with E-state index in [1.54, 1.807) is 0 Å². The predicted molar refractivity (Wildman–Crippen MR) is 94.9 cm³/mol. The number of carbonyl (C=O) groups is 1. The Balaban J connectivity index is 2.12. The molecule has 6 nitrogen and oxygen atoms in total. The zero-order chi connectivity index (χ0) is 21.8. The molecule has 0 bridgehead atoms. The Morgan fingerprint density at radius 1 is 1.07 bits per heavy atom. The average molecular weight is 437 g/mol. The summed E-state index contributed by atoms with van der Waals surface area (Å²) in [5.74, 6) is -3.57. The summed E-state index contributed by atoms with van der Waals surface area (Å²) in [6, 6.07) is 8.21.